The van der Waals surface area contributed by atoms with Crippen LogP contribution in [0.4, 0.5) is 0 Å². The van der Waals surface area contributed by atoms with E-state index in [0.717, 1.165) is 18.4 Å². The third-order valence-electron chi connectivity index (χ3n) is 4.37. The van der Waals surface area contributed by atoms with Gasteiger partial charge >= 0.3 is 0 Å². The molecule has 1 rings (SSSR count). The second-order valence-electron chi connectivity index (χ2n) is 6.62. The summed E-state index contributed by atoms with van der Waals surface area (Å²) < 4.78 is 0. The van der Waals surface area contributed by atoms with E-state index in [4.69, 9.17) is 0 Å². The van der Waals surface area contributed by atoms with E-state index in [0.29, 0.717) is 11.5 Å². The highest BCUT2D eigenvalue weighted by atomic mass is 15.2. The Bertz CT molecular complexity index is 207. The van der Waals surface area contributed by atoms with Crippen LogP contribution in [0.2, 0.25) is 0 Å². The summed E-state index contributed by atoms with van der Waals surface area (Å²) in [6.45, 7) is 15.6. The Kier molecular flexibility index (Phi) is 4.81. The lowest BCUT2D eigenvalue weighted by Crippen LogP contribution is -2.40. The first-order chi connectivity index (χ1) is 7.36. The van der Waals surface area contributed by atoms with Gasteiger partial charge in [-0.2, -0.15) is 0 Å². The van der Waals surface area contributed by atoms with Gasteiger partial charge < -0.3 is 10.2 Å². The summed E-state index contributed by atoms with van der Waals surface area (Å²) in [5.41, 5.74) is 0.473. The molecule has 96 valence electrons. The molecule has 0 radical (unpaired) electrons. The van der Waals surface area contributed by atoms with Crippen molar-refractivity contribution in [3.8, 4) is 0 Å². The van der Waals surface area contributed by atoms with Crippen molar-refractivity contribution in [3.63, 3.8) is 0 Å². The van der Waals surface area contributed by atoms with Crippen molar-refractivity contribution >= 4 is 0 Å². The average Bonchev–Trinajstić information content (AvgIpc) is 2.65. The normalized spacial score (nSPS) is 27.0. The predicted molar refractivity (Wildman–Crippen MR) is 71.7 cm³/mol. The standard InChI is InChI=1S/C14H30N2/c1-11(9-15-6)12(2)16-8-7-13(10-16)14(3,4)5/h11-13,15H,7-10H2,1-6H3. The molecule has 1 N–H and O–H groups in total. The fraction of sp³-hybridized carbons (Fsp3) is 1.00. The Morgan fingerprint density at radius 2 is 1.94 bits per heavy atom. The molecule has 1 saturated heterocycles. The summed E-state index contributed by atoms with van der Waals surface area (Å²) in [5.74, 6) is 1.61. The van der Waals surface area contributed by atoms with Crippen molar-refractivity contribution in [2.75, 3.05) is 26.7 Å². The number of rotatable bonds is 4. The summed E-state index contributed by atoms with van der Waals surface area (Å²) >= 11 is 0. The molecule has 0 aliphatic carbocycles. The Hall–Kier alpha value is -0.0800. The number of nitrogens with one attached hydrogen (secondary N) is 1. The summed E-state index contributed by atoms with van der Waals surface area (Å²) in [5, 5.41) is 3.29. The van der Waals surface area contributed by atoms with Gasteiger partial charge in [0, 0.05) is 12.6 Å². The molecule has 3 unspecified atom stereocenters. The third-order valence-corrected chi connectivity index (χ3v) is 4.37. The second-order valence-corrected chi connectivity index (χ2v) is 6.62. The van der Waals surface area contributed by atoms with E-state index in [1.54, 1.807) is 0 Å². The van der Waals surface area contributed by atoms with Crippen LogP contribution in [0.5, 0.6) is 0 Å². The van der Waals surface area contributed by atoms with Gasteiger partial charge in [0.15, 0.2) is 0 Å². The van der Waals surface area contributed by atoms with Crippen LogP contribution in [0.3, 0.4) is 0 Å². The molecular formula is C14H30N2. The van der Waals surface area contributed by atoms with Crippen LogP contribution < -0.4 is 5.32 Å². The minimum absolute atomic E-state index is 0.473. The summed E-state index contributed by atoms with van der Waals surface area (Å²) in [7, 11) is 2.05. The molecule has 0 aromatic rings. The molecule has 2 nitrogen and oxygen atoms in total. The van der Waals surface area contributed by atoms with Crippen LogP contribution in [0.15, 0.2) is 0 Å². The van der Waals surface area contributed by atoms with Crippen LogP contribution in [-0.2, 0) is 0 Å². The molecule has 16 heavy (non-hydrogen) atoms. The highest BCUT2D eigenvalue weighted by Gasteiger charge is 2.34. The molecule has 3 atom stereocenters. The Labute approximate surface area is 102 Å². The van der Waals surface area contributed by atoms with E-state index >= 15 is 0 Å². The van der Waals surface area contributed by atoms with E-state index in [9.17, 15) is 0 Å². The zero-order chi connectivity index (χ0) is 12.3. The minimum Gasteiger partial charge on any atom is -0.319 e. The van der Waals surface area contributed by atoms with Crippen molar-refractivity contribution in [1.82, 2.24) is 10.2 Å². The molecule has 0 aromatic carbocycles. The van der Waals surface area contributed by atoms with Gasteiger partial charge in [-0.25, -0.2) is 0 Å². The number of nitrogens with zero attached hydrogens (tertiary/aromatic N) is 1. The molecule has 1 aliphatic rings. The first-order valence-corrected chi connectivity index (χ1v) is 6.75. The summed E-state index contributed by atoms with van der Waals surface area (Å²) in [4.78, 5) is 2.68. The van der Waals surface area contributed by atoms with Crippen molar-refractivity contribution in [1.29, 1.82) is 0 Å². The third kappa shape index (κ3) is 3.46. The average molecular weight is 226 g/mol. The predicted octanol–water partition coefficient (Wildman–Crippen LogP) is 2.60. The van der Waals surface area contributed by atoms with E-state index < -0.39 is 0 Å². The fourth-order valence-electron chi connectivity index (χ4n) is 2.72. The molecule has 1 aliphatic heterocycles. The quantitative estimate of drug-likeness (QED) is 0.792. The van der Waals surface area contributed by atoms with Crippen LogP contribution in [0, 0.1) is 17.3 Å². The monoisotopic (exact) mass is 226 g/mol. The largest absolute Gasteiger partial charge is 0.319 e. The molecule has 0 bridgehead atoms. The lowest BCUT2D eigenvalue weighted by atomic mass is 9.80. The van der Waals surface area contributed by atoms with Crippen LogP contribution in [0.1, 0.15) is 41.0 Å². The van der Waals surface area contributed by atoms with Gasteiger partial charge in [0.2, 0.25) is 0 Å². The first-order valence-electron chi connectivity index (χ1n) is 6.75. The van der Waals surface area contributed by atoms with Gasteiger partial charge in [-0.15, -0.1) is 0 Å². The van der Waals surface area contributed by atoms with E-state index in [2.05, 4.69) is 44.8 Å². The van der Waals surface area contributed by atoms with Gasteiger partial charge in [0.25, 0.3) is 0 Å². The maximum atomic E-state index is 3.29. The molecule has 0 aromatic heterocycles. The smallest absolute Gasteiger partial charge is 0.0105 e. The maximum absolute atomic E-state index is 3.29. The highest BCUT2D eigenvalue weighted by Crippen LogP contribution is 2.34. The topological polar surface area (TPSA) is 15.3 Å². The fourth-order valence-corrected chi connectivity index (χ4v) is 2.72. The number of hydrogen-bond acceptors (Lipinski definition) is 2. The molecule has 1 fully saturated rings. The van der Waals surface area contributed by atoms with Crippen LogP contribution in [0.25, 0.3) is 0 Å². The van der Waals surface area contributed by atoms with E-state index in [1.807, 2.05) is 7.05 Å². The zero-order valence-corrected chi connectivity index (χ0v) is 12.0. The molecule has 1 heterocycles. The van der Waals surface area contributed by atoms with E-state index in [1.165, 1.54) is 19.5 Å². The molecular weight excluding hydrogens is 196 g/mol. The Morgan fingerprint density at radius 3 is 2.38 bits per heavy atom. The van der Waals surface area contributed by atoms with Gasteiger partial charge in [0.1, 0.15) is 0 Å². The van der Waals surface area contributed by atoms with Crippen LogP contribution >= 0.6 is 0 Å². The van der Waals surface area contributed by atoms with E-state index in [-0.39, 0.29) is 0 Å². The summed E-state index contributed by atoms with van der Waals surface area (Å²) in [6, 6.07) is 0.708. The molecule has 0 saturated carbocycles. The minimum atomic E-state index is 0.473. The van der Waals surface area contributed by atoms with Crippen LogP contribution in [-0.4, -0.2) is 37.6 Å². The first kappa shape index (κ1) is 14.0. The lowest BCUT2D eigenvalue weighted by molar-refractivity contribution is 0.167. The van der Waals surface area contributed by atoms with Crippen molar-refractivity contribution in [2.24, 2.45) is 17.3 Å². The molecule has 2 heteroatoms. The number of likely N-dealkylation sites (tertiary alicyclic amines) is 1. The van der Waals surface area contributed by atoms with Crippen molar-refractivity contribution < 1.29 is 0 Å². The summed E-state index contributed by atoms with van der Waals surface area (Å²) in [6.07, 6.45) is 1.38. The second kappa shape index (κ2) is 5.50. The Morgan fingerprint density at radius 1 is 1.31 bits per heavy atom. The van der Waals surface area contributed by atoms with Gasteiger partial charge in [0.05, 0.1) is 0 Å². The van der Waals surface area contributed by atoms with Gasteiger partial charge in [-0.05, 0) is 50.7 Å². The van der Waals surface area contributed by atoms with Crippen molar-refractivity contribution in [2.45, 2.75) is 47.1 Å². The highest BCUT2D eigenvalue weighted by molar-refractivity contribution is 4.87. The maximum Gasteiger partial charge on any atom is 0.0105 e. The zero-order valence-electron chi connectivity index (χ0n) is 12.0. The number of hydrogen-bond donors (Lipinski definition) is 1. The van der Waals surface area contributed by atoms with Gasteiger partial charge in [-0.1, -0.05) is 27.7 Å². The molecule has 0 spiro atoms. The van der Waals surface area contributed by atoms with Gasteiger partial charge in [-0.3, -0.25) is 0 Å². The lowest BCUT2D eigenvalue weighted by Gasteiger charge is -2.32. The van der Waals surface area contributed by atoms with Crippen molar-refractivity contribution in [3.05, 3.63) is 0 Å². The SMILES string of the molecule is CNCC(C)C(C)N1CCC(C(C)(C)C)C1. The molecule has 0 amide bonds. The Balaban J connectivity index is 2.46.